The van der Waals surface area contributed by atoms with E-state index >= 15 is 0 Å². The Morgan fingerprint density at radius 2 is 1.73 bits per heavy atom. The number of rotatable bonds is 2. The molecule has 0 radical (unpaired) electrons. The van der Waals surface area contributed by atoms with Gasteiger partial charge in [-0.2, -0.15) is 0 Å². The topological polar surface area (TPSA) is 60.7 Å². The van der Waals surface area contributed by atoms with E-state index in [9.17, 15) is 9.90 Å². The van der Waals surface area contributed by atoms with Crippen LogP contribution in [-0.4, -0.2) is 21.4 Å². The average molecular weight is 353 g/mol. The Kier molecular flexibility index (Phi) is 4.40. The van der Waals surface area contributed by atoms with Gasteiger partial charge in [0.25, 0.3) is 0 Å². The lowest BCUT2D eigenvalue weighted by molar-refractivity contribution is 0.0541. The molecule has 136 valence electrons. The van der Waals surface area contributed by atoms with Crippen molar-refractivity contribution < 1.29 is 19.4 Å². The van der Waals surface area contributed by atoms with E-state index in [2.05, 4.69) is 0 Å². The molecule has 0 saturated heterocycles. The second kappa shape index (κ2) is 6.41. The zero-order valence-corrected chi connectivity index (χ0v) is 15.7. The van der Waals surface area contributed by atoms with Gasteiger partial charge in [0.05, 0.1) is 0 Å². The fourth-order valence-corrected chi connectivity index (χ4v) is 2.87. The average Bonchev–Trinajstić information content (AvgIpc) is 2.83. The van der Waals surface area contributed by atoms with Crippen LogP contribution in [0.4, 0.5) is 4.79 Å². The van der Waals surface area contributed by atoms with E-state index in [1.807, 2.05) is 52.8 Å². The van der Waals surface area contributed by atoms with Crippen molar-refractivity contribution >= 4 is 17.0 Å². The van der Waals surface area contributed by atoms with Crippen molar-refractivity contribution in [2.45, 2.75) is 40.2 Å². The largest absolute Gasteiger partial charge is 0.504 e. The number of ether oxygens (including phenoxy) is 2. The first-order valence-corrected chi connectivity index (χ1v) is 8.47. The van der Waals surface area contributed by atoms with Gasteiger partial charge in [-0.05, 0) is 70.5 Å². The van der Waals surface area contributed by atoms with Crippen LogP contribution < -0.4 is 4.74 Å². The third-order valence-electron chi connectivity index (χ3n) is 3.85. The van der Waals surface area contributed by atoms with Gasteiger partial charge in [-0.15, -0.1) is 0 Å². The maximum absolute atomic E-state index is 12.7. The Bertz CT molecular complexity index is 980. The monoisotopic (exact) mass is 353 g/mol. The van der Waals surface area contributed by atoms with Gasteiger partial charge in [0.2, 0.25) is 0 Å². The quantitative estimate of drug-likeness (QED) is 0.657. The fourth-order valence-electron chi connectivity index (χ4n) is 2.87. The molecule has 0 spiro atoms. The van der Waals surface area contributed by atoms with E-state index in [1.165, 1.54) is 4.57 Å². The highest BCUT2D eigenvalue weighted by molar-refractivity contribution is 5.95. The molecule has 5 heteroatoms. The number of aromatic hydroxyl groups is 1. The number of phenols is 1. The third kappa shape index (κ3) is 3.52. The first kappa shape index (κ1) is 17.9. The number of carbonyl (C=O) groups excluding carboxylic acids is 1. The number of aromatic nitrogens is 1. The second-order valence-electron chi connectivity index (χ2n) is 7.37. The lowest BCUT2D eigenvalue weighted by Crippen LogP contribution is -2.27. The molecule has 0 aliphatic rings. The summed E-state index contributed by atoms with van der Waals surface area (Å²) in [6.45, 7) is 9.29. The first-order valence-electron chi connectivity index (χ1n) is 8.47. The van der Waals surface area contributed by atoms with Crippen molar-refractivity contribution in [2.75, 3.05) is 0 Å². The van der Waals surface area contributed by atoms with Gasteiger partial charge in [-0.3, -0.25) is 0 Å². The predicted molar refractivity (Wildman–Crippen MR) is 101 cm³/mol. The van der Waals surface area contributed by atoms with Crippen LogP contribution in [0.1, 0.15) is 32.0 Å². The van der Waals surface area contributed by atoms with E-state index in [1.54, 1.807) is 24.3 Å². The molecule has 0 amide bonds. The first-order chi connectivity index (χ1) is 12.2. The predicted octanol–water partition coefficient (Wildman–Crippen LogP) is 5.54. The number of para-hydroxylation sites is 2. The number of hydrogen-bond acceptors (Lipinski definition) is 4. The lowest BCUT2D eigenvalue weighted by atomic mass is 10.1. The Labute approximate surface area is 152 Å². The SMILES string of the molecule is Cc1cc(Oc2ccccc2O)c2c(c1)cc(C)n2C(=O)OC(C)(C)C. The molecule has 0 atom stereocenters. The maximum Gasteiger partial charge on any atom is 0.419 e. The highest BCUT2D eigenvalue weighted by Crippen LogP contribution is 2.37. The van der Waals surface area contributed by atoms with Gasteiger partial charge in [0, 0.05) is 11.1 Å². The Hall–Kier alpha value is -2.95. The minimum Gasteiger partial charge on any atom is -0.504 e. The number of fused-ring (bicyclic) bond motifs is 1. The minimum atomic E-state index is -0.608. The smallest absolute Gasteiger partial charge is 0.419 e. The molecule has 0 bridgehead atoms. The summed E-state index contributed by atoms with van der Waals surface area (Å²) in [5.74, 6) is 0.851. The molecule has 3 aromatic rings. The zero-order chi connectivity index (χ0) is 19.1. The summed E-state index contributed by atoms with van der Waals surface area (Å²) in [6, 6.07) is 12.5. The highest BCUT2D eigenvalue weighted by atomic mass is 16.6. The van der Waals surface area contributed by atoms with Gasteiger partial charge in [-0.25, -0.2) is 9.36 Å². The second-order valence-corrected chi connectivity index (χ2v) is 7.37. The number of aryl methyl sites for hydroxylation is 2. The maximum atomic E-state index is 12.7. The number of hydrogen-bond donors (Lipinski definition) is 1. The molecule has 3 rings (SSSR count). The summed E-state index contributed by atoms with van der Waals surface area (Å²) in [5.41, 5.74) is 1.75. The van der Waals surface area contributed by atoms with E-state index in [0.717, 1.165) is 16.6 Å². The van der Waals surface area contributed by atoms with Gasteiger partial charge in [0.1, 0.15) is 11.1 Å². The molecule has 1 heterocycles. The van der Waals surface area contributed by atoms with E-state index in [-0.39, 0.29) is 5.75 Å². The lowest BCUT2D eigenvalue weighted by Gasteiger charge is -2.21. The molecule has 1 aromatic heterocycles. The molecule has 26 heavy (non-hydrogen) atoms. The van der Waals surface area contributed by atoms with Gasteiger partial charge < -0.3 is 14.6 Å². The number of benzene rings is 2. The standard InChI is InChI=1S/C21H23NO4/c1-13-10-15-12-14(2)22(20(24)26-21(3,4)5)19(15)18(11-13)25-17-9-7-6-8-16(17)23/h6-12,23H,1-5H3. The molecular formula is C21H23NO4. The molecular weight excluding hydrogens is 330 g/mol. The van der Waals surface area contributed by atoms with Gasteiger partial charge >= 0.3 is 6.09 Å². The van der Waals surface area contributed by atoms with Crippen molar-refractivity contribution in [1.82, 2.24) is 4.57 Å². The summed E-state index contributed by atoms with van der Waals surface area (Å²) in [4.78, 5) is 12.7. The van der Waals surface area contributed by atoms with Crippen LogP contribution in [-0.2, 0) is 4.74 Å². The summed E-state index contributed by atoms with van der Waals surface area (Å²) in [5, 5.41) is 10.9. The van der Waals surface area contributed by atoms with Crippen LogP contribution in [0.2, 0.25) is 0 Å². The summed E-state index contributed by atoms with van der Waals surface area (Å²) in [6.07, 6.45) is -0.462. The Morgan fingerprint density at radius 1 is 1.04 bits per heavy atom. The van der Waals surface area contributed by atoms with E-state index in [4.69, 9.17) is 9.47 Å². The number of carbonyl (C=O) groups is 1. The van der Waals surface area contributed by atoms with Crippen molar-refractivity contribution in [3.63, 3.8) is 0 Å². The van der Waals surface area contributed by atoms with Crippen LogP contribution in [0.15, 0.2) is 42.5 Å². The van der Waals surface area contributed by atoms with E-state index < -0.39 is 11.7 Å². The molecule has 0 unspecified atom stereocenters. The normalized spacial score (nSPS) is 11.6. The number of nitrogens with zero attached hydrogens (tertiary/aromatic N) is 1. The van der Waals surface area contributed by atoms with Crippen LogP contribution in [0, 0.1) is 13.8 Å². The number of phenolic OH excluding ortho intramolecular Hbond substituents is 1. The highest BCUT2D eigenvalue weighted by Gasteiger charge is 2.23. The van der Waals surface area contributed by atoms with Crippen LogP contribution >= 0.6 is 0 Å². The van der Waals surface area contributed by atoms with Crippen molar-refractivity contribution in [3.05, 3.63) is 53.7 Å². The zero-order valence-electron chi connectivity index (χ0n) is 15.7. The molecule has 5 nitrogen and oxygen atoms in total. The summed E-state index contributed by atoms with van der Waals surface area (Å²) >= 11 is 0. The molecule has 0 saturated carbocycles. The fraction of sp³-hybridized carbons (Fsp3) is 0.286. The molecule has 0 aliphatic heterocycles. The molecule has 2 aromatic carbocycles. The summed E-state index contributed by atoms with van der Waals surface area (Å²) < 4.78 is 13.0. The van der Waals surface area contributed by atoms with Crippen LogP contribution in [0.25, 0.3) is 10.9 Å². The Morgan fingerprint density at radius 3 is 2.38 bits per heavy atom. The van der Waals surface area contributed by atoms with Crippen molar-refractivity contribution in [1.29, 1.82) is 0 Å². The molecule has 0 aliphatic carbocycles. The summed E-state index contributed by atoms with van der Waals surface area (Å²) in [7, 11) is 0. The van der Waals surface area contributed by atoms with Gasteiger partial charge in [-0.1, -0.05) is 12.1 Å². The third-order valence-corrected chi connectivity index (χ3v) is 3.85. The Balaban J connectivity index is 2.17. The van der Waals surface area contributed by atoms with Crippen LogP contribution in [0.3, 0.4) is 0 Å². The van der Waals surface area contributed by atoms with E-state index in [0.29, 0.717) is 17.0 Å². The molecule has 0 fully saturated rings. The van der Waals surface area contributed by atoms with Crippen LogP contribution in [0.5, 0.6) is 17.2 Å². The molecule has 1 N–H and O–H groups in total. The van der Waals surface area contributed by atoms with Crippen molar-refractivity contribution in [2.24, 2.45) is 0 Å². The van der Waals surface area contributed by atoms with Crippen molar-refractivity contribution in [3.8, 4) is 17.2 Å². The van der Waals surface area contributed by atoms with Gasteiger partial charge in [0.15, 0.2) is 17.2 Å². The minimum absolute atomic E-state index is 0.0363.